The van der Waals surface area contributed by atoms with Gasteiger partial charge in [-0.2, -0.15) is 0 Å². The van der Waals surface area contributed by atoms with Gasteiger partial charge in [0.1, 0.15) is 0 Å². The number of rotatable bonds is 6. The maximum atomic E-state index is 12.0. The van der Waals surface area contributed by atoms with Gasteiger partial charge in [0, 0.05) is 19.3 Å². The lowest BCUT2D eigenvalue weighted by Gasteiger charge is -2.14. The molecule has 1 aromatic carbocycles. The van der Waals surface area contributed by atoms with Gasteiger partial charge in [0.2, 0.25) is 5.91 Å². The molecular weight excluding hydrogens is 465 g/mol. The van der Waals surface area contributed by atoms with E-state index in [4.69, 9.17) is 0 Å². The molecule has 1 aromatic rings. The SMILES string of the molecule is CC(CCOP=O)C(=O)Nc1c(Br)cc(Br)cc1Br. The Morgan fingerprint density at radius 1 is 1.37 bits per heavy atom. The van der Waals surface area contributed by atoms with Crippen molar-refractivity contribution in [3.05, 3.63) is 25.6 Å². The summed E-state index contributed by atoms with van der Waals surface area (Å²) >= 11 is 10.2. The van der Waals surface area contributed by atoms with E-state index in [0.717, 1.165) is 13.4 Å². The third kappa shape index (κ3) is 5.60. The van der Waals surface area contributed by atoms with Gasteiger partial charge in [-0.05, 0) is 50.4 Å². The van der Waals surface area contributed by atoms with E-state index in [1.807, 2.05) is 12.1 Å². The van der Waals surface area contributed by atoms with Crippen LogP contribution >= 0.6 is 56.5 Å². The van der Waals surface area contributed by atoms with Crippen LogP contribution in [0.2, 0.25) is 0 Å². The molecule has 0 aliphatic rings. The lowest BCUT2D eigenvalue weighted by molar-refractivity contribution is -0.119. The summed E-state index contributed by atoms with van der Waals surface area (Å²) in [5.41, 5.74) is 0.683. The molecule has 0 radical (unpaired) electrons. The maximum absolute atomic E-state index is 12.0. The Morgan fingerprint density at radius 3 is 2.47 bits per heavy atom. The number of hydrogen-bond donors (Lipinski definition) is 1. The largest absolute Gasteiger partial charge is 0.327 e. The summed E-state index contributed by atoms with van der Waals surface area (Å²) in [4.78, 5) is 12.0. The van der Waals surface area contributed by atoms with Crippen LogP contribution in [-0.2, 0) is 13.9 Å². The Hall–Kier alpha value is 0.190. The molecule has 0 aliphatic carbocycles. The smallest absolute Gasteiger partial charge is 0.324 e. The minimum Gasteiger partial charge on any atom is -0.324 e. The molecule has 104 valence electrons. The first kappa shape index (κ1) is 17.2. The van der Waals surface area contributed by atoms with Crippen molar-refractivity contribution in [2.24, 2.45) is 5.92 Å². The Labute approximate surface area is 138 Å². The molecule has 0 saturated heterocycles. The molecule has 1 N–H and O–H groups in total. The quantitative estimate of drug-likeness (QED) is 0.456. The van der Waals surface area contributed by atoms with Crippen LogP contribution in [0, 0.1) is 5.92 Å². The van der Waals surface area contributed by atoms with E-state index in [1.54, 1.807) is 6.92 Å². The summed E-state index contributed by atoms with van der Waals surface area (Å²) in [6.07, 6.45) is 0.507. The normalized spacial score (nSPS) is 12.4. The van der Waals surface area contributed by atoms with E-state index in [1.165, 1.54) is 0 Å². The molecule has 1 amide bonds. The van der Waals surface area contributed by atoms with E-state index >= 15 is 0 Å². The van der Waals surface area contributed by atoms with E-state index in [2.05, 4.69) is 57.6 Å². The highest BCUT2D eigenvalue weighted by Crippen LogP contribution is 2.34. The van der Waals surface area contributed by atoms with E-state index in [0.29, 0.717) is 12.1 Å². The Bertz CT molecular complexity index is 461. The fourth-order valence-electron chi connectivity index (χ4n) is 1.31. The number of hydrogen-bond acceptors (Lipinski definition) is 3. The van der Waals surface area contributed by atoms with Gasteiger partial charge >= 0.3 is 8.69 Å². The predicted octanol–water partition coefficient (Wildman–Crippen LogP) is 5.16. The molecule has 1 rings (SSSR count). The number of halogens is 3. The van der Waals surface area contributed by atoms with Crippen molar-refractivity contribution >= 4 is 68.1 Å². The second-order valence-electron chi connectivity index (χ2n) is 3.83. The molecule has 1 atom stereocenters. The third-order valence-corrected chi connectivity index (χ3v) is 4.39. The fourth-order valence-corrected chi connectivity index (χ4v) is 3.94. The molecule has 0 bridgehead atoms. The number of benzene rings is 1. The van der Waals surface area contributed by atoms with Gasteiger partial charge in [0.05, 0.1) is 12.3 Å². The highest BCUT2D eigenvalue weighted by atomic mass is 79.9. The van der Waals surface area contributed by atoms with Crippen LogP contribution in [0.1, 0.15) is 13.3 Å². The van der Waals surface area contributed by atoms with Crippen molar-refractivity contribution in [2.75, 3.05) is 11.9 Å². The number of amides is 1. The summed E-state index contributed by atoms with van der Waals surface area (Å²) in [6.45, 7) is 2.07. The van der Waals surface area contributed by atoms with Crippen molar-refractivity contribution < 1.29 is 13.9 Å². The van der Waals surface area contributed by atoms with E-state index < -0.39 is 0 Å². The summed E-state index contributed by atoms with van der Waals surface area (Å²) in [6, 6.07) is 3.70. The molecule has 0 aliphatic heterocycles. The van der Waals surface area contributed by atoms with Crippen LogP contribution in [0.25, 0.3) is 0 Å². The summed E-state index contributed by atoms with van der Waals surface area (Å²) in [5.74, 6) is -0.348. The Morgan fingerprint density at radius 2 is 1.95 bits per heavy atom. The van der Waals surface area contributed by atoms with Crippen molar-refractivity contribution in [1.29, 1.82) is 0 Å². The van der Waals surface area contributed by atoms with Crippen LogP contribution in [0.15, 0.2) is 25.6 Å². The minimum atomic E-state index is -0.360. The maximum Gasteiger partial charge on any atom is 0.327 e. The highest BCUT2D eigenvalue weighted by Gasteiger charge is 2.16. The predicted molar refractivity (Wildman–Crippen MR) is 85.5 cm³/mol. The molecule has 0 spiro atoms. The molecule has 0 aromatic heterocycles. The van der Waals surface area contributed by atoms with Gasteiger partial charge in [-0.3, -0.25) is 9.32 Å². The van der Waals surface area contributed by atoms with Crippen molar-refractivity contribution in [2.45, 2.75) is 13.3 Å². The fraction of sp³-hybridized carbons (Fsp3) is 0.364. The van der Waals surface area contributed by atoms with Gasteiger partial charge in [-0.25, -0.2) is 4.57 Å². The number of carbonyl (C=O) groups excluding carboxylic acids is 1. The average Bonchev–Trinajstić information content (AvgIpc) is 2.33. The second kappa shape index (κ2) is 8.47. The average molecular weight is 476 g/mol. The van der Waals surface area contributed by atoms with Crippen molar-refractivity contribution in [1.82, 2.24) is 0 Å². The van der Waals surface area contributed by atoms with Crippen LogP contribution in [-0.4, -0.2) is 12.5 Å². The van der Waals surface area contributed by atoms with Crippen LogP contribution in [0.4, 0.5) is 5.69 Å². The van der Waals surface area contributed by atoms with Crippen molar-refractivity contribution in [3.63, 3.8) is 0 Å². The minimum absolute atomic E-state index is 0.116. The molecular formula is C11H11Br3NO3P. The van der Waals surface area contributed by atoms with Gasteiger partial charge < -0.3 is 5.32 Å². The molecule has 0 saturated carbocycles. The monoisotopic (exact) mass is 473 g/mol. The van der Waals surface area contributed by atoms with Gasteiger partial charge in [-0.1, -0.05) is 22.9 Å². The molecule has 4 nitrogen and oxygen atoms in total. The lowest BCUT2D eigenvalue weighted by atomic mass is 10.1. The topological polar surface area (TPSA) is 55.4 Å². The zero-order chi connectivity index (χ0) is 14.4. The highest BCUT2D eigenvalue weighted by molar-refractivity contribution is 9.11. The van der Waals surface area contributed by atoms with Gasteiger partial charge in [0.15, 0.2) is 0 Å². The number of nitrogens with one attached hydrogen (secondary N) is 1. The van der Waals surface area contributed by atoms with Crippen LogP contribution in [0.5, 0.6) is 0 Å². The third-order valence-electron chi connectivity index (χ3n) is 2.40. The Kier molecular flexibility index (Phi) is 7.69. The Balaban J connectivity index is 2.69. The van der Waals surface area contributed by atoms with Crippen LogP contribution < -0.4 is 5.32 Å². The molecule has 0 fully saturated rings. The zero-order valence-electron chi connectivity index (χ0n) is 9.95. The molecule has 8 heteroatoms. The van der Waals surface area contributed by atoms with Gasteiger partial charge in [0.25, 0.3) is 0 Å². The van der Waals surface area contributed by atoms with Gasteiger partial charge in [-0.15, -0.1) is 0 Å². The first-order valence-electron chi connectivity index (χ1n) is 5.35. The first-order valence-corrected chi connectivity index (χ1v) is 8.46. The summed E-state index contributed by atoms with van der Waals surface area (Å²) in [5, 5.41) is 2.84. The summed E-state index contributed by atoms with van der Waals surface area (Å²) in [7, 11) is -0.360. The summed E-state index contributed by atoms with van der Waals surface area (Å²) < 4.78 is 17.3. The number of anilines is 1. The first-order chi connectivity index (χ1) is 8.95. The lowest BCUT2D eigenvalue weighted by Crippen LogP contribution is -2.21. The van der Waals surface area contributed by atoms with Crippen LogP contribution in [0.3, 0.4) is 0 Å². The molecule has 1 unspecified atom stereocenters. The standard InChI is InChI=1S/C11H11Br3NO3P/c1-6(2-3-18-19-17)11(16)15-10-8(13)4-7(12)5-9(10)14/h4-6H,2-3H2,1H3,(H,15,16). The molecule has 19 heavy (non-hydrogen) atoms. The van der Waals surface area contributed by atoms with E-state index in [9.17, 15) is 9.36 Å². The van der Waals surface area contributed by atoms with Crippen molar-refractivity contribution in [3.8, 4) is 0 Å². The second-order valence-corrected chi connectivity index (χ2v) is 6.86. The van der Waals surface area contributed by atoms with E-state index in [-0.39, 0.29) is 27.1 Å². The molecule has 0 heterocycles. The zero-order valence-corrected chi connectivity index (χ0v) is 15.6. The number of carbonyl (C=O) groups is 1.